The van der Waals surface area contributed by atoms with Crippen LogP contribution in [0.2, 0.25) is 0 Å². The van der Waals surface area contributed by atoms with Gasteiger partial charge >= 0.3 is 0 Å². The van der Waals surface area contributed by atoms with Gasteiger partial charge in [0, 0.05) is 19.6 Å². The molecule has 0 saturated carbocycles. The van der Waals surface area contributed by atoms with E-state index in [-0.39, 0.29) is 0 Å². The molecule has 0 bridgehead atoms. The Morgan fingerprint density at radius 2 is 1.56 bits per heavy atom. The van der Waals surface area contributed by atoms with Crippen LogP contribution in [0.1, 0.15) is 16.7 Å². The maximum absolute atomic E-state index is 9.46. The van der Waals surface area contributed by atoms with Gasteiger partial charge in [-0.25, -0.2) is 0 Å². The smallest absolute Gasteiger partial charge is 0.0938 e. The molecular weight excluding hydrogens is 202 g/mol. The maximum atomic E-state index is 9.46. The Bertz CT molecular complexity index is 348. The summed E-state index contributed by atoms with van der Waals surface area (Å²) >= 11 is 0. The van der Waals surface area contributed by atoms with Gasteiger partial charge in [-0.1, -0.05) is 29.3 Å². The lowest BCUT2D eigenvalue weighted by Crippen LogP contribution is -2.22. The molecule has 2 N–H and O–H groups in total. The normalized spacial score (nSPS) is 26.2. The van der Waals surface area contributed by atoms with Gasteiger partial charge in [0.25, 0.3) is 0 Å². The number of hydrogen-bond donors (Lipinski definition) is 2. The fourth-order valence-electron chi connectivity index (χ4n) is 2.39. The van der Waals surface area contributed by atoms with Crippen LogP contribution in [0.15, 0.2) is 18.2 Å². The van der Waals surface area contributed by atoms with Gasteiger partial charge < -0.3 is 10.2 Å². The number of benzene rings is 1. The average molecular weight is 221 g/mol. The topological polar surface area (TPSA) is 43.7 Å². The molecule has 2 rings (SSSR count). The molecule has 16 heavy (non-hydrogen) atoms. The van der Waals surface area contributed by atoms with Crippen molar-refractivity contribution in [3.8, 4) is 0 Å². The fourth-order valence-corrected chi connectivity index (χ4v) is 2.39. The van der Waals surface area contributed by atoms with Gasteiger partial charge in [-0.2, -0.15) is 0 Å². The summed E-state index contributed by atoms with van der Waals surface area (Å²) in [7, 11) is 0. The molecule has 2 atom stereocenters. The second kappa shape index (κ2) is 4.53. The summed E-state index contributed by atoms with van der Waals surface area (Å²) < 4.78 is 0. The van der Waals surface area contributed by atoms with Gasteiger partial charge in [0.2, 0.25) is 0 Å². The second-order valence-corrected chi connectivity index (χ2v) is 4.82. The minimum atomic E-state index is -0.592. The van der Waals surface area contributed by atoms with Crippen molar-refractivity contribution in [2.24, 2.45) is 0 Å². The van der Waals surface area contributed by atoms with Crippen molar-refractivity contribution in [2.45, 2.75) is 32.6 Å². The Labute approximate surface area is 96.3 Å². The molecule has 3 heteroatoms. The van der Waals surface area contributed by atoms with Crippen LogP contribution in [0, 0.1) is 13.8 Å². The highest BCUT2D eigenvalue weighted by atomic mass is 16.3. The lowest BCUT2D eigenvalue weighted by atomic mass is 10.1. The Morgan fingerprint density at radius 3 is 2.06 bits per heavy atom. The average Bonchev–Trinajstić information content (AvgIpc) is 2.43. The van der Waals surface area contributed by atoms with E-state index in [1.54, 1.807) is 0 Å². The summed E-state index contributed by atoms with van der Waals surface area (Å²) in [5.74, 6) is 0. The van der Waals surface area contributed by atoms with Gasteiger partial charge in [0.1, 0.15) is 0 Å². The quantitative estimate of drug-likeness (QED) is 0.778. The van der Waals surface area contributed by atoms with Crippen molar-refractivity contribution in [1.82, 2.24) is 4.90 Å². The summed E-state index contributed by atoms with van der Waals surface area (Å²) in [5, 5.41) is 18.9. The first-order valence-corrected chi connectivity index (χ1v) is 5.70. The van der Waals surface area contributed by atoms with Crippen LogP contribution in [0.25, 0.3) is 0 Å². The standard InChI is InChI=1S/C13H19NO2/c1-9-3-10(2)5-11(4-9)6-14-7-12(15)13(16)8-14/h3-5,12-13,15-16H,6-8H2,1-2H3/t12-,13+. The lowest BCUT2D eigenvalue weighted by molar-refractivity contribution is 0.0572. The highest BCUT2D eigenvalue weighted by Gasteiger charge is 2.29. The van der Waals surface area contributed by atoms with Crippen molar-refractivity contribution in [3.63, 3.8) is 0 Å². The number of β-amino-alcohol motifs (C(OH)–C–C–N with tert-alkyl or cyclic N) is 2. The van der Waals surface area contributed by atoms with Gasteiger partial charge in [0.05, 0.1) is 12.2 Å². The van der Waals surface area contributed by atoms with Crippen LogP contribution in [0.3, 0.4) is 0 Å². The van der Waals surface area contributed by atoms with Gasteiger partial charge in [-0.05, 0) is 19.4 Å². The highest BCUT2D eigenvalue weighted by molar-refractivity contribution is 5.28. The second-order valence-electron chi connectivity index (χ2n) is 4.82. The first-order chi connectivity index (χ1) is 7.54. The number of likely N-dealkylation sites (tertiary alicyclic amines) is 1. The molecule has 1 aromatic carbocycles. The first kappa shape index (κ1) is 11.6. The van der Waals surface area contributed by atoms with Gasteiger partial charge in [-0.3, -0.25) is 4.90 Å². The SMILES string of the molecule is Cc1cc(C)cc(CN2C[C@@H](O)[C@@H](O)C2)c1. The Kier molecular flexibility index (Phi) is 3.28. The van der Waals surface area contributed by atoms with E-state index in [9.17, 15) is 10.2 Å². The zero-order chi connectivity index (χ0) is 11.7. The van der Waals surface area contributed by atoms with E-state index in [1.807, 2.05) is 0 Å². The van der Waals surface area contributed by atoms with E-state index < -0.39 is 12.2 Å². The summed E-state index contributed by atoms with van der Waals surface area (Å²) in [4.78, 5) is 2.09. The lowest BCUT2D eigenvalue weighted by Gasteiger charge is -2.15. The van der Waals surface area contributed by atoms with E-state index in [0.29, 0.717) is 13.1 Å². The summed E-state index contributed by atoms with van der Waals surface area (Å²) in [5.41, 5.74) is 3.77. The zero-order valence-corrected chi connectivity index (χ0v) is 9.85. The molecule has 0 aromatic heterocycles. The van der Waals surface area contributed by atoms with Crippen molar-refractivity contribution >= 4 is 0 Å². The summed E-state index contributed by atoms with van der Waals surface area (Å²) in [6.45, 7) is 6.10. The molecule has 0 spiro atoms. The predicted molar refractivity (Wildman–Crippen MR) is 63.2 cm³/mol. The third-order valence-corrected chi connectivity index (χ3v) is 3.02. The Hall–Kier alpha value is -0.900. The molecule has 88 valence electrons. The number of aliphatic hydroxyl groups excluding tert-OH is 2. The van der Waals surface area contributed by atoms with Crippen molar-refractivity contribution in [2.75, 3.05) is 13.1 Å². The molecule has 1 fully saturated rings. The third kappa shape index (κ3) is 2.61. The minimum Gasteiger partial charge on any atom is -0.389 e. The molecule has 1 aliphatic heterocycles. The van der Waals surface area contributed by atoms with Gasteiger partial charge in [0.15, 0.2) is 0 Å². The van der Waals surface area contributed by atoms with E-state index in [1.165, 1.54) is 16.7 Å². The molecule has 3 nitrogen and oxygen atoms in total. The van der Waals surface area contributed by atoms with E-state index in [2.05, 4.69) is 36.9 Å². The molecule has 0 amide bonds. The zero-order valence-electron chi connectivity index (χ0n) is 9.85. The van der Waals surface area contributed by atoms with Crippen molar-refractivity contribution in [3.05, 3.63) is 34.9 Å². The molecule has 1 saturated heterocycles. The molecule has 1 aromatic rings. The summed E-state index contributed by atoms with van der Waals surface area (Å²) in [6.07, 6.45) is -1.18. The number of nitrogens with zero attached hydrogens (tertiary/aromatic N) is 1. The molecule has 0 unspecified atom stereocenters. The number of aliphatic hydroxyl groups is 2. The highest BCUT2D eigenvalue weighted by Crippen LogP contribution is 2.16. The van der Waals surface area contributed by atoms with Crippen molar-refractivity contribution in [1.29, 1.82) is 0 Å². The molecule has 0 aliphatic carbocycles. The van der Waals surface area contributed by atoms with E-state index in [0.717, 1.165) is 6.54 Å². The van der Waals surface area contributed by atoms with Crippen LogP contribution in [0.5, 0.6) is 0 Å². The first-order valence-electron chi connectivity index (χ1n) is 5.70. The van der Waals surface area contributed by atoms with Crippen LogP contribution in [0.4, 0.5) is 0 Å². The van der Waals surface area contributed by atoms with Crippen LogP contribution in [-0.4, -0.2) is 40.4 Å². The summed E-state index contributed by atoms with van der Waals surface area (Å²) in [6, 6.07) is 6.46. The molecule has 1 heterocycles. The Morgan fingerprint density at radius 1 is 1.06 bits per heavy atom. The van der Waals surface area contributed by atoms with Gasteiger partial charge in [-0.15, -0.1) is 0 Å². The number of rotatable bonds is 2. The monoisotopic (exact) mass is 221 g/mol. The van der Waals surface area contributed by atoms with E-state index >= 15 is 0 Å². The molecule has 0 radical (unpaired) electrons. The largest absolute Gasteiger partial charge is 0.389 e. The fraction of sp³-hybridized carbons (Fsp3) is 0.538. The van der Waals surface area contributed by atoms with Crippen molar-refractivity contribution < 1.29 is 10.2 Å². The van der Waals surface area contributed by atoms with Crippen LogP contribution < -0.4 is 0 Å². The maximum Gasteiger partial charge on any atom is 0.0938 e. The predicted octanol–water partition coefficient (Wildman–Crippen LogP) is 0.841. The Balaban J connectivity index is 2.04. The van der Waals surface area contributed by atoms with E-state index in [4.69, 9.17) is 0 Å². The number of aryl methyl sites for hydroxylation is 2. The third-order valence-electron chi connectivity index (χ3n) is 3.02. The minimum absolute atomic E-state index is 0.564. The number of hydrogen-bond acceptors (Lipinski definition) is 3. The molecular formula is C13H19NO2. The van der Waals surface area contributed by atoms with Crippen LogP contribution >= 0.6 is 0 Å². The van der Waals surface area contributed by atoms with Crippen LogP contribution in [-0.2, 0) is 6.54 Å². The molecule has 1 aliphatic rings.